The largest absolute Gasteiger partial charge is 0.427 e. The van der Waals surface area contributed by atoms with Gasteiger partial charge in [-0.3, -0.25) is 28.9 Å². The molecule has 0 fully saturated rings. The van der Waals surface area contributed by atoms with Gasteiger partial charge in [0.15, 0.2) is 0 Å². The number of hydrogen-bond acceptors (Lipinski definition) is 6. The number of fused-ring (bicyclic) bond motifs is 1. The van der Waals surface area contributed by atoms with Gasteiger partial charge in [0.05, 0.1) is 11.1 Å². The SMILES string of the molecule is CC(=O)Oc1cccc(C(=O)NCc2cccc(NC(=O)c3ccc4c(c3)C(=O)N(C(C)C)C4=O)c2)c1. The van der Waals surface area contributed by atoms with Crippen LogP contribution in [0.15, 0.2) is 66.7 Å². The first kappa shape index (κ1) is 25.3. The molecule has 2 N–H and O–H groups in total. The number of carbonyl (C=O) groups excluding carboxylic acids is 5. The number of nitrogens with one attached hydrogen (secondary N) is 2. The summed E-state index contributed by atoms with van der Waals surface area (Å²) in [7, 11) is 0. The van der Waals surface area contributed by atoms with Crippen molar-refractivity contribution in [1.82, 2.24) is 10.2 Å². The second-order valence-corrected chi connectivity index (χ2v) is 8.79. The maximum absolute atomic E-state index is 12.9. The average molecular weight is 500 g/mol. The molecule has 0 aliphatic carbocycles. The number of esters is 1. The fourth-order valence-electron chi connectivity index (χ4n) is 3.98. The summed E-state index contributed by atoms with van der Waals surface area (Å²) in [5, 5.41) is 5.58. The molecule has 0 radical (unpaired) electrons. The van der Waals surface area contributed by atoms with Crippen LogP contribution >= 0.6 is 0 Å². The van der Waals surface area contributed by atoms with Crippen LogP contribution in [-0.2, 0) is 11.3 Å². The number of hydrogen-bond donors (Lipinski definition) is 2. The van der Waals surface area contributed by atoms with Gasteiger partial charge in [0.1, 0.15) is 5.75 Å². The van der Waals surface area contributed by atoms with Crippen LogP contribution in [0.3, 0.4) is 0 Å². The van der Waals surface area contributed by atoms with E-state index in [1.807, 2.05) is 0 Å². The summed E-state index contributed by atoms with van der Waals surface area (Å²) in [6.45, 7) is 4.99. The van der Waals surface area contributed by atoms with Crippen LogP contribution in [-0.4, -0.2) is 40.5 Å². The Kier molecular flexibility index (Phi) is 7.15. The highest BCUT2D eigenvalue weighted by atomic mass is 16.5. The molecule has 0 unspecified atom stereocenters. The Balaban J connectivity index is 1.41. The average Bonchev–Trinajstić information content (AvgIpc) is 3.11. The molecule has 0 aromatic heterocycles. The van der Waals surface area contributed by atoms with Gasteiger partial charge in [0.25, 0.3) is 23.6 Å². The number of benzene rings is 3. The first-order valence-corrected chi connectivity index (χ1v) is 11.6. The number of ether oxygens (including phenoxy) is 1. The maximum Gasteiger partial charge on any atom is 0.308 e. The number of anilines is 1. The van der Waals surface area contributed by atoms with Crippen molar-refractivity contribution in [2.45, 2.75) is 33.4 Å². The Morgan fingerprint density at radius 1 is 0.838 bits per heavy atom. The summed E-state index contributed by atoms with van der Waals surface area (Å²) >= 11 is 0. The van der Waals surface area contributed by atoms with Gasteiger partial charge in [-0.15, -0.1) is 0 Å². The third kappa shape index (κ3) is 5.56. The van der Waals surface area contributed by atoms with Gasteiger partial charge in [-0.05, 0) is 67.9 Å². The summed E-state index contributed by atoms with van der Waals surface area (Å²) in [6.07, 6.45) is 0. The zero-order chi connectivity index (χ0) is 26.7. The molecule has 37 heavy (non-hydrogen) atoms. The second kappa shape index (κ2) is 10.4. The highest BCUT2D eigenvalue weighted by molar-refractivity contribution is 6.22. The monoisotopic (exact) mass is 499 g/mol. The number of imide groups is 1. The lowest BCUT2D eigenvalue weighted by molar-refractivity contribution is -0.131. The normalized spacial score (nSPS) is 12.4. The molecule has 0 saturated heterocycles. The van der Waals surface area contributed by atoms with Gasteiger partial charge in [-0.2, -0.15) is 0 Å². The zero-order valence-electron chi connectivity index (χ0n) is 20.5. The maximum atomic E-state index is 12.9. The smallest absolute Gasteiger partial charge is 0.308 e. The van der Waals surface area contributed by atoms with E-state index in [1.54, 1.807) is 56.3 Å². The number of amides is 4. The third-order valence-corrected chi connectivity index (χ3v) is 5.69. The lowest BCUT2D eigenvalue weighted by Gasteiger charge is -2.17. The number of nitrogens with zero attached hydrogens (tertiary/aromatic N) is 1. The standard InChI is InChI=1S/C28H25N3O6/c1-16(2)31-27(35)23-11-10-20(14-24(23)28(31)36)26(34)30-21-8-4-6-18(12-21)15-29-25(33)19-7-5-9-22(13-19)37-17(3)32/h4-14,16H,15H2,1-3H3,(H,29,33)(H,30,34). The first-order chi connectivity index (χ1) is 17.6. The molecule has 1 aliphatic rings. The van der Waals surface area contributed by atoms with Crippen molar-refractivity contribution in [3.05, 3.63) is 94.5 Å². The first-order valence-electron chi connectivity index (χ1n) is 11.6. The third-order valence-electron chi connectivity index (χ3n) is 5.69. The molecule has 9 nitrogen and oxygen atoms in total. The highest BCUT2D eigenvalue weighted by Gasteiger charge is 2.37. The lowest BCUT2D eigenvalue weighted by Crippen LogP contribution is -2.35. The summed E-state index contributed by atoms with van der Waals surface area (Å²) in [5.41, 5.74) is 2.32. The molecule has 1 aliphatic heterocycles. The van der Waals surface area contributed by atoms with Gasteiger partial charge >= 0.3 is 5.97 Å². The predicted octanol–water partition coefficient (Wildman–Crippen LogP) is 3.80. The molecule has 188 valence electrons. The van der Waals surface area contributed by atoms with Gasteiger partial charge in [-0.25, -0.2) is 0 Å². The summed E-state index contributed by atoms with van der Waals surface area (Å²) in [4.78, 5) is 62.8. The molecule has 4 rings (SSSR count). The van der Waals surface area contributed by atoms with E-state index in [0.717, 1.165) is 5.56 Å². The van der Waals surface area contributed by atoms with Crippen LogP contribution in [0.1, 0.15) is 67.8 Å². The summed E-state index contributed by atoms with van der Waals surface area (Å²) in [6, 6.07) is 17.4. The minimum atomic E-state index is -0.478. The van der Waals surface area contributed by atoms with E-state index in [9.17, 15) is 24.0 Å². The van der Waals surface area contributed by atoms with Crippen molar-refractivity contribution in [2.75, 3.05) is 5.32 Å². The van der Waals surface area contributed by atoms with Gasteiger partial charge in [0.2, 0.25) is 0 Å². The molecule has 0 saturated carbocycles. The highest BCUT2D eigenvalue weighted by Crippen LogP contribution is 2.26. The van der Waals surface area contributed by atoms with Crippen molar-refractivity contribution in [2.24, 2.45) is 0 Å². The Hall–Kier alpha value is -4.79. The molecule has 4 amide bonds. The minimum absolute atomic E-state index is 0.195. The fourth-order valence-corrected chi connectivity index (χ4v) is 3.98. The van der Waals surface area contributed by atoms with E-state index in [4.69, 9.17) is 4.74 Å². The summed E-state index contributed by atoms with van der Waals surface area (Å²) < 4.78 is 5.01. The fraction of sp³-hybridized carbons (Fsp3) is 0.179. The van der Waals surface area contributed by atoms with E-state index in [2.05, 4.69) is 10.6 Å². The van der Waals surface area contributed by atoms with Crippen LogP contribution in [0.5, 0.6) is 5.75 Å². The molecule has 3 aromatic rings. The zero-order valence-corrected chi connectivity index (χ0v) is 20.5. The van der Waals surface area contributed by atoms with Crippen molar-refractivity contribution in [3.8, 4) is 5.75 Å². The number of carbonyl (C=O) groups is 5. The topological polar surface area (TPSA) is 122 Å². The minimum Gasteiger partial charge on any atom is -0.427 e. The molecule has 0 atom stereocenters. The second-order valence-electron chi connectivity index (χ2n) is 8.79. The van der Waals surface area contributed by atoms with E-state index in [0.29, 0.717) is 11.3 Å². The molecule has 9 heteroatoms. The molecule has 0 bridgehead atoms. The van der Waals surface area contributed by atoms with Crippen molar-refractivity contribution >= 4 is 35.3 Å². The van der Waals surface area contributed by atoms with Crippen LogP contribution in [0.25, 0.3) is 0 Å². The van der Waals surface area contributed by atoms with Crippen LogP contribution in [0.2, 0.25) is 0 Å². The Morgan fingerprint density at radius 2 is 1.54 bits per heavy atom. The number of rotatable bonds is 7. The van der Waals surface area contributed by atoms with Crippen LogP contribution < -0.4 is 15.4 Å². The Labute approximate surface area is 213 Å². The van der Waals surface area contributed by atoms with Gasteiger partial charge in [-0.1, -0.05) is 18.2 Å². The van der Waals surface area contributed by atoms with Crippen molar-refractivity contribution in [3.63, 3.8) is 0 Å². The van der Waals surface area contributed by atoms with Gasteiger partial charge < -0.3 is 15.4 Å². The van der Waals surface area contributed by atoms with E-state index >= 15 is 0 Å². The Morgan fingerprint density at radius 3 is 2.27 bits per heavy atom. The van der Waals surface area contributed by atoms with Crippen LogP contribution in [0.4, 0.5) is 5.69 Å². The van der Waals surface area contributed by atoms with Gasteiger partial charge in [0, 0.05) is 36.3 Å². The molecule has 1 heterocycles. The van der Waals surface area contributed by atoms with Crippen molar-refractivity contribution < 1.29 is 28.7 Å². The molecular formula is C28H25N3O6. The van der Waals surface area contributed by atoms with E-state index in [-0.39, 0.29) is 46.8 Å². The molecule has 3 aromatic carbocycles. The van der Waals surface area contributed by atoms with E-state index < -0.39 is 17.8 Å². The predicted molar refractivity (Wildman–Crippen MR) is 135 cm³/mol. The Bertz CT molecular complexity index is 1430. The molecular weight excluding hydrogens is 474 g/mol. The quantitative estimate of drug-likeness (QED) is 0.290. The summed E-state index contributed by atoms with van der Waals surface area (Å²) in [5.74, 6) is -1.77. The van der Waals surface area contributed by atoms with E-state index in [1.165, 1.54) is 36.1 Å². The lowest BCUT2D eigenvalue weighted by atomic mass is 10.1. The molecule has 0 spiro atoms. The van der Waals surface area contributed by atoms with Crippen LogP contribution in [0, 0.1) is 0 Å². The van der Waals surface area contributed by atoms with Crippen molar-refractivity contribution in [1.29, 1.82) is 0 Å².